The molecule has 1 aliphatic rings. The fourth-order valence-corrected chi connectivity index (χ4v) is 3.64. The fraction of sp³-hybridized carbons (Fsp3) is 0.647. The first-order valence-corrected chi connectivity index (χ1v) is 9.21. The van der Waals surface area contributed by atoms with Gasteiger partial charge >= 0.3 is 5.97 Å². The van der Waals surface area contributed by atoms with Crippen molar-refractivity contribution < 1.29 is 18.7 Å². The molecular weight excluding hydrogens is 314 g/mol. The Bertz CT molecular complexity index is 535. The van der Waals surface area contributed by atoms with Crippen LogP contribution in [0.25, 0.3) is 0 Å². The van der Waals surface area contributed by atoms with E-state index in [4.69, 9.17) is 9.15 Å². The van der Waals surface area contributed by atoms with Gasteiger partial charge in [0.2, 0.25) is 5.91 Å². The van der Waals surface area contributed by atoms with Crippen LogP contribution in [0.5, 0.6) is 0 Å². The first kappa shape index (κ1) is 17.9. The summed E-state index contributed by atoms with van der Waals surface area (Å²) in [4.78, 5) is 25.8. The number of aryl methyl sites for hydroxylation is 2. The number of nitrogens with zero attached hydrogens (tertiary/aromatic N) is 1. The number of hydrogen-bond acceptors (Lipinski definition) is 5. The second-order valence-corrected chi connectivity index (χ2v) is 7.00. The van der Waals surface area contributed by atoms with E-state index in [1.807, 2.05) is 19.9 Å². The number of esters is 1. The SMILES string of the molecule is CCCCCOC(=O)CN1C(=O)CCSC1c1cc(C)c(C)o1. The molecule has 0 spiro atoms. The molecular formula is C17H25NO4S. The lowest BCUT2D eigenvalue weighted by molar-refractivity contribution is -0.150. The normalized spacial score (nSPS) is 18.3. The molecule has 1 atom stereocenters. The lowest BCUT2D eigenvalue weighted by Gasteiger charge is -2.33. The predicted molar refractivity (Wildman–Crippen MR) is 90.2 cm³/mol. The molecule has 1 unspecified atom stereocenters. The maximum Gasteiger partial charge on any atom is 0.325 e. The zero-order valence-corrected chi connectivity index (χ0v) is 14.9. The monoisotopic (exact) mass is 339 g/mol. The van der Waals surface area contributed by atoms with Gasteiger partial charge in [-0.15, -0.1) is 11.8 Å². The summed E-state index contributed by atoms with van der Waals surface area (Å²) in [5.41, 5.74) is 1.06. The van der Waals surface area contributed by atoms with Gasteiger partial charge in [0.15, 0.2) is 0 Å². The smallest absolute Gasteiger partial charge is 0.325 e. The molecule has 5 nitrogen and oxygen atoms in total. The summed E-state index contributed by atoms with van der Waals surface area (Å²) < 4.78 is 11.0. The van der Waals surface area contributed by atoms with E-state index in [1.54, 1.807) is 16.7 Å². The highest BCUT2D eigenvalue weighted by molar-refractivity contribution is 7.99. The second kappa shape index (κ2) is 8.43. The Hall–Kier alpha value is -1.43. The van der Waals surface area contributed by atoms with E-state index in [9.17, 15) is 9.59 Å². The molecule has 0 aromatic carbocycles. The molecule has 0 aliphatic carbocycles. The van der Waals surface area contributed by atoms with E-state index in [0.717, 1.165) is 42.1 Å². The third-order valence-electron chi connectivity index (χ3n) is 3.93. The van der Waals surface area contributed by atoms with Crippen LogP contribution < -0.4 is 0 Å². The number of carbonyl (C=O) groups excluding carboxylic acids is 2. The highest BCUT2D eigenvalue weighted by Gasteiger charge is 2.34. The van der Waals surface area contributed by atoms with Crippen LogP contribution in [-0.2, 0) is 14.3 Å². The Morgan fingerprint density at radius 1 is 1.43 bits per heavy atom. The van der Waals surface area contributed by atoms with Crippen molar-refractivity contribution in [2.75, 3.05) is 18.9 Å². The van der Waals surface area contributed by atoms with Crippen molar-refractivity contribution in [2.24, 2.45) is 0 Å². The molecule has 1 amide bonds. The van der Waals surface area contributed by atoms with Gasteiger partial charge in [0.05, 0.1) is 6.61 Å². The predicted octanol–water partition coefficient (Wildman–Crippen LogP) is 3.59. The van der Waals surface area contributed by atoms with E-state index in [0.29, 0.717) is 13.0 Å². The number of amides is 1. The van der Waals surface area contributed by atoms with Crippen molar-refractivity contribution in [1.29, 1.82) is 0 Å². The third-order valence-corrected chi connectivity index (χ3v) is 5.18. The van der Waals surface area contributed by atoms with Crippen molar-refractivity contribution in [3.63, 3.8) is 0 Å². The number of carbonyl (C=O) groups is 2. The highest BCUT2D eigenvalue weighted by Crippen LogP contribution is 2.38. The highest BCUT2D eigenvalue weighted by atomic mass is 32.2. The third kappa shape index (κ3) is 4.77. The zero-order valence-electron chi connectivity index (χ0n) is 14.1. The van der Waals surface area contributed by atoms with Gasteiger partial charge in [0.25, 0.3) is 0 Å². The van der Waals surface area contributed by atoms with Gasteiger partial charge in [-0.2, -0.15) is 0 Å². The van der Waals surface area contributed by atoms with Crippen LogP contribution in [0.1, 0.15) is 55.1 Å². The van der Waals surface area contributed by atoms with Crippen LogP contribution in [0, 0.1) is 13.8 Å². The van der Waals surface area contributed by atoms with E-state index >= 15 is 0 Å². The largest absolute Gasteiger partial charge is 0.464 e. The molecule has 2 rings (SSSR count). The Balaban J connectivity index is 2.00. The molecule has 1 aliphatic heterocycles. The van der Waals surface area contributed by atoms with E-state index in [2.05, 4.69) is 6.92 Å². The molecule has 1 aromatic rings. The summed E-state index contributed by atoms with van der Waals surface area (Å²) in [6, 6.07) is 1.95. The number of thioether (sulfide) groups is 1. The summed E-state index contributed by atoms with van der Waals surface area (Å²) in [5, 5.41) is -0.244. The van der Waals surface area contributed by atoms with Gasteiger partial charge in [0.1, 0.15) is 23.4 Å². The Labute approximate surface area is 141 Å². The molecule has 6 heteroatoms. The molecule has 23 heavy (non-hydrogen) atoms. The van der Waals surface area contributed by atoms with Gasteiger partial charge in [-0.1, -0.05) is 19.8 Å². The second-order valence-electron chi connectivity index (χ2n) is 5.81. The van der Waals surface area contributed by atoms with Gasteiger partial charge in [-0.3, -0.25) is 9.59 Å². The van der Waals surface area contributed by atoms with Crippen LogP contribution in [0.15, 0.2) is 10.5 Å². The average molecular weight is 339 g/mol. The van der Waals surface area contributed by atoms with Crippen LogP contribution in [0.3, 0.4) is 0 Å². The molecule has 0 saturated carbocycles. The molecule has 0 N–H and O–H groups in total. The average Bonchev–Trinajstić information content (AvgIpc) is 2.85. The summed E-state index contributed by atoms with van der Waals surface area (Å²) >= 11 is 1.63. The quantitative estimate of drug-likeness (QED) is 0.561. The summed E-state index contributed by atoms with van der Waals surface area (Å²) in [7, 11) is 0. The summed E-state index contributed by atoms with van der Waals surface area (Å²) in [6.45, 7) is 6.39. The maximum absolute atomic E-state index is 12.2. The van der Waals surface area contributed by atoms with Crippen molar-refractivity contribution in [2.45, 2.75) is 51.8 Å². The van der Waals surface area contributed by atoms with Gasteiger partial charge in [-0.25, -0.2) is 0 Å². The van der Waals surface area contributed by atoms with Crippen molar-refractivity contribution in [1.82, 2.24) is 4.90 Å². The van der Waals surface area contributed by atoms with Gasteiger partial charge < -0.3 is 14.1 Å². The minimum absolute atomic E-state index is 0.0125. The van der Waals surface area contributed by atoms with Crippen molar-refractivity contribution in [3.8, 4) is 0 Å². The molecule has 1 saturated heterocycles. The van der Waals surface area contributed by atoms with Crippen LogP contribution in [0.2, 0.25) is 0 Å². The summed E-state index contributed by atoms with van der Waals surface area (Å²) in [5.74, 6) is 1.95. The van der Waals surface area contributed by atoms with Gasteiger partial charge in [0, 0.05) is 12.2 Å². The molecule has 2 heterocycles. The lowest BCUT2D eigenvalue weighted by Crippen LogP contribution is -2.41. The molecule has 1 fully saturated rings. The Morgan fingerprint density at radius 2 is 2.22 bits per heavy atom. The van der Waals surface area contributed by atoms with Crippen molar-refractivity contribution in [3.05, 3.63) is 23.2 Å². The molecule has 128 valence electrons. The first-order chi connectivity index (χ1) is 11.0. The van der Waals surface area contributed by atoms with Crippen LogP contribution in [-0.4, -0.2) is 35.7 Å². The molecule has 0 bridgehead atoms. The standard InChI is InChI=1S/C17H25NO4S/c1-4-5-6-8-21-16(20)11-18-15(19)7-9-23-17(18)14-10-12(2)13(3)22-14/h10,17H,4-9,11H2,1-3H3. The van der Waals surface area contributed by atoms with E-state index in [-0.39, 0.29) is 23.8 Å². The molecule has 0 radical (unpaired) electrons. The van der Waals surface area contributed by atoms with Crippen LogP contribution >= 0.6 is 11.8 Å². The Kier molecular flexibility index (Phi) is 6.57. The van der Waals surface area contributed by atoms with Crippen molar-refractivity contribution >= 4 is 23.6 Å². The van der Waals surface area contributed by atoms with E-state index < -0.39 is 0 Å². The topological polar surface area (TPSA) is 59.8 Å². The van der Waals surface area contributed by atoms with Gasteiger partial charge in [-0.05, 0) is 31.9 Å². The minimum Gasteiger partial charge on any atom is -0.464 e. The van der Waals surface area contributed by atoms with Crippen LogP contribution in [0.4, 0.5) is 0 Å². The Morgan fingerprint density at radius 3 is 2.87 bits per heavy atom. The molecule has 1 aromatic heterocycles. The maximum atomic E-state index is 12.2. The van der Waals surface area contributed by atoms with E-state index in [1.165, 1.54) is 0 Å². The first-order valence-electron chi connectivity index (χ1n) is 8.16. The number of hydrogen-bond donors (Lipinski definition) is 0. The number of furan rings is 1. The zero-order chi connectivity index (χ0) is 16.8. The minimum atomic E-state index is -0.345. The lowest BCUT2D eigenvalue weighted by atomic mass is 10.2. The number of rotatable bonds is 7. The summed E-state index contributed by atoms with van der Waals surface area (Å²) in [6.07, 6.45) is 3.44. The fourth-order valence-electron chi connectivity index (χ4n) is 2.48. The number of unbranched alkanes of at least 4 members (excludes halogenated alkanes) is 2. The number of ether oxygens (including phenoxy) is 1.